The van der Waals surface area contributed by atoms with Crippen LogP contribution in [-0.2, 0) is 4.79 Å². The lowest BCUT2D eigenvalue weighted by Gasteiger charge is -2.22. The third-order valence-corrected chi connectivity index (χ3v) is 2.18. The summed E-state index contributed by atoms with van der Waals surface area (Å²) in [6.45, 7) is 3.86. The monoisotopic (exact) mass is 170 g/mol. The van der Waals surface area contributed by atoms with E-state index in [9.17, 15) is 4.79 Å². The number of carbonyl (C=O) groups excluding carboxylic acids is 1. The van der Waals surface area contributed by atoms with Gasteiger partial charge in [0.2, 0.25) is 5.91 Å². The predicted octanol–water partition coefficient (Wildman–Crippen LogP) is 0.655. The Morgan fingerprint density at radius 3 is 3.00 bits per heavy atom. The Labute approximate surface area is 73.9 Å². The number of piperidine rings is 1. The van der Waals surface area contributed by atoms with Crippen molar-refractivity contribution in [3.63, 3.8) is 0 Å². The summed E-state index contributed by atoms with van der Waals surface area (Å²) in [5.41, 5.74) is 0. The zero-order chi connectivity index (χ0) is 8.81. The highest BCUT2D eigenvalue weighted by molar-refractivity contribution is 5.81. The molecule has 1 fully saturated rings. The van der Waals surface area contributed by atoms with E-state index in [4.69, 9.17) is 0 Å². The van der Waals surface area contributed by atoms with Gasteiger partial charge in [-0.1, -0.05) is 13.3 Å². The Morgan fingerprint density at radius 2 is 2.42 bits per heavy atom. The minimum Gasteiger partial charge on any atom is -0.355 e. The lowest BCUT2D eigenvalue weighted by molar-refractivity contribution is -0.123. The highest BCUT2D eigenvalue weighted by Gasteiger charge is 2.19. The molecular formula is C9H18N2O. The Kier molecular flexibility index (Phi) is 4.08. The van der Waals surface area contributed by atoms with Crippen molar-refractivity contribution in [2.45, 2.75) is 38.6 Å². The topological polar surface area (TPSA) is 41.1 Å². The van der Waals surface area contributed by atoms with Gasteiger partial charge in [0.1, 0.15) is 0 Å². The molecule has 1 heterocycles. The van der Waals surface area contributed by atoms with E-state index in [0.717, 1.165) is 25.9 Å². The van der Waals surface area contributed by atoms with Crippen molar-refractivity contribution < 1.29 is 4.79 Å². The minimum atomic E-state index is 0.0744. The molecule has 0 aromatic heterocycles. The van der Waals surface area contributed by atoms with Crippen LogP contribution in [-0.4, -0.2) is 25.0 Å². The van der Waals surface area contributed by atoms with Crippen molar-refractivity contribution in [2.75, 3.05) is 13.1 Å². The molecule has 0 radical (unpaired) electrons. The third kappa shape index (κ3) is 2.81. The van der Waals surface area contributed by atoms with Crippen LogP contribution in [0.5, 0.6) is 0 Å². The number of nitrogens with one attached hydrogen (secondary N) is 2. The lowest BCUT2D eigenvalue weighted by atomic mass is 10.0. The van der Waals surface area contributed by atoms with Crippen molar-refractivity contribution in [1.29, 1.82) is 0 Å². The molecule has 0 bridgehead atoms. The summed E-state index contributed by atoms with van der Waals surface area (Å²) in [5, 5.41) is 6.12. The van der Waals surface area contributed by atoms with Crippen molar-refractivity contribution in [3.8, 4) is 0 Å². The van der Waals surface area contributed by atoms with Gasteiger partial charge >= 0.3 is 0 Å². The van der Waals surface area contributed by atoms with E-state index in [1.54, 1.807) is 0 Å². The van der Waals surface area contributed by atoms with Crippen molar-refractivity contribution >= 4 is 5.91 Å². The summed E-state index contributed by atoms with van der Waals surface area (Å²) < 4.78 is 0. The molecule has 0 aliphatic carbocycles. The first kappa shape index (κ1) is 9.52. The third-order valence-electron chi connectivity index (χ3n) is 2.18. The average Bonchev–Trinajstić information content (AvgIpc) is 2.15. The zero-order valence-electron chi connectivity index (χ0n) is 7.73. The maximum atomic E-state index is 11.4. The minimum absolute atomic E-state index is 0.0744. The van der Waals surface area contributed by atoms with E-state index < -0.39 is 0 Å². The molecule has 1 amide bonds. The summed E-state index contributed by atoms with van der Waals surface area (Å²) in [4.78, 5) is 11.4. The largest absolute Gasteiger partial charge is 0.355 e. The molecule has 1 atom stereocenters. The Morgan fingerprint density at radius 1 is 1.58 bits per heavy atom. The summed E-state index contributed by atoms with van der Waals surface area (Å²) in [6, 6.07) is 0.0744. The molecule has 1 aliphatic rings. The molecule has 1 saturated heterocycles. The van der Waals surface area contributed by atoms with Crippen LogP contribution in [0.15, 0.2) is 0 Å². The molecule has 70 valence electrons. The van der Waals surface area contributed by atoms with E-state index in [0.29, 0.717) is 0 Å². The summed E-state index contributed by atoms with van der Waals surface area (Å²) in [7, 11) is 0. The number of amides is 1. The van der Waals surface area contributed by atoms with E-state index >= 15 is 0 Å². The SMILES string of the molecule is CCCNC(=O)C1CCCCN1. The molecule has 0 saturated carbocycles. The predicted molar refractivity (Wildman–Crippen MR) is 48.9 cm³/mol. The first-order valence-corrected chi connectivity index (χ1v) is 4.85. The van der Waals surface area contributed by atoms with E-state index in [2.05, 4.69) is 17.6 Å². The standard InChI is InChI=1S/C9H18N2O/c1-2-6-11-9(12)8-5-3-4-7-10-8/h8,10H,2-7H2,1H3,(H,11,12). The smallest absolute Gasteiger partial charge is 0.237 e. The van der Waals surface area contributed by atoms with Crippen LogP contribution < -0.4 is 10.6 Å². The maximum absolute atomic E-state index is 11.4. The van der Waals surface area contributed by atoms with Gasteiger partial charge in [0.25, 0.3) is 0 Å². The van der Waals surface area contributed by atoms with Gasteiger partial charge in [-0.2, -0.15) is 0 Å². The fourth-order valence-electron chi connectivity index (χ4n) is 1.45. The molecule has 0 spiro atoms. The van der Waals surface area contributed by atoms with Gasteiger partial charge in [0.15, 0.2) is 0 Å². The molecule has 0 aromatic carbocycles. The first-order valence-electron chi connectivity index (χ1n) is 4.85. The molecule has 1 unspecified atom stereocenters. The second-order valence-electron chi connectivity index (χ2n) is 3.29. The van der Waals surface area contributed by atoms with Gasteiger partial charge < -0.3 is 10.6 Å². The first-order chi connectivity index (χ1) is 5.84. The Hall–Kier alpha value is -0.570. The molecule has 0 aromatic rings. The fourth-order valence-corrected chi connectivity index (χ4v) is 1.45. The van der Waals surface area contributed by atoms with Crippen LogP contribution in [0.25, 0.3) is 0 Å². The number of rotatable bonds is 3. The quantitative estimate of drug-likeness (QED) is 0.653. The van der Waals surface area contributed by atoms with E-state index in [1.807, 2.05) is 0 Å². The summed E-state index contributed by atoms with van der Waals surface area (Å²) >= 11 is 0. The molecule has 3 heteroatoms. The normalized spacial score (nSPS) is 23.6. The molecular weight excluding hydrogens is 152 g/mol. The highest BCUT2D eigenvalue weighted by atomic mass is 16.2. The number of hydrogen-bond donors (Lipinski definition) is 2. The van der Waals surface area contributed by atoms with Crippen LogP contribution >= 0.6 is 0 Å². The number of carbonyl (C=O) groups is 1. The molecule has 12 heavy (non-hydrogen) atoms. The van der Waals surface area contributed by atoms with Crippen LogP contribution in [0.2, 0.25) is 0 Å². The van der Waals surface area contributed by atoms with Gasteiger partial charge in [-0.3, -0.25) is 4.79 Å². The van der Waals surface area contributed by atoms with Crippen molar-refractivity contribution in [1.82, 2.24) is 10.6 Å². The molecule has 2 N–H and O–H groups in total. The van der Waals surface area contributed by atoms with Crippen LogP contribution in [0.1, 0.15) is 32.6 Å². The van der Waals surface area contributed by atoms with Crippen LogP contribution in [0.3, 0.4) is 0 Å². The van der Waals surface area contributed by atoms with Crippen LogP contribution in [0.4, 0.5) is 0 Å². The Bertz CT molecular complexity index is 141. The summed E-state index contributed by atoms with van der Waals surface area (Å²) in [6.07, 6.45) is 4.39. The lowest BCUT2D eigenvalue weighted by Crippen LogP contribution is -2.46. The van der Waals surface area contributed by atoms with Gasteiger partial charge in [0, 0.05) is 6.54 Å². The number of hydrogen-bond acceptors (Lipinski definition) is 2. The molecule has 3 nitrogen and oxygen atoms in total. The zero-order valence-corrected chi connectivity index (χ0v) is 7.73. The molecule has 1 rings (SSSR count). The summed E-state index contributed by atoms with van der Waals surface area (Å²) in [5.74, 6) is 0.177. The van der Waals surface area contributed by atoms with Gasteiger partial charge in [-0.05, 0) is 25.8 Å². The highest BCUT2D eigenvalue weighted by Crippen LogP contribution is 2.06. The Balaban J connectivity index is 2.20. The maximum Gasteiger partial charge on any atom is 0.237 e. The fraction of sp³-hybridized carbons (Fsp3) is 0.889. The van der Waals surface area contributed by atoms with Crippen molar-refractivity contribution in [3.05, 3.63) is 0 Å². The van der Waals surface area contributed by atoms with Gasteiger partial charge in [-0.15, -0.1) is 0 Å². The van der Waals surface area contributed by atoms with E-state index in [-0.39, 0.29) is 11.9 Å². The second kappa shape index (κ2) is 5.14. The average molecular weight is 170 g/mol. The van der Waals surface area contributed by atoms with E-state index in [1.165, 1.54) is 12.8 Å². The van der Waals surface area contributed by atoms with Gasteiger partial charge in [-0.25, -0.2) is 0 Å². The van der Waals surface area contributed by atoms with Crippen molar-refractivity contribution in [2.24, 2.45) is 0 Å². The van der Waals surface area contributed by atoms with Gasteiger partial charge in [0.05, 0.1) is 6.04 Å². The second-order valence-corrected chi connectivity index (χ2v) is 3.29. The molecule has 1 aliphatic heterocycles. The van der Waals surface area contributed by atoms with Crippen LogP contribution in [0, 0.1) is 0 Å².